The maximum Gasteiger partial charge on any atom is 0.0701 e. The van der Waals surface area contributed by atoms with Crippen LogP contribution in [0.25, 0.3) is 0 Å². The van der Waals surface area contributed by atoms with Gasteiger partial charge in [-0.15, -0.1) is 0 Å². The molecule has 0 bridgehead atoms. The fourth-order valence-corrected chi connectivity index (χ4v) is 5.80. The van der Waals surface area contributed by atoms with Crippen molar-refractivity contribution in [2.45, 2.75) is 175 Å². The average Bonchev–Trinajstić information content (AvgIpc) is 3.03. The average molecular weight is 645 g/mol. The van der Waals surface area contributed by atoms with Crippen LogP contribution >= 0.6 is 0 Å². The molecule has 0 spiro atoms. The van der Waals surface area contributed by atoms with Crippen molar-refractivity contribution >= 4 is 0 Å². The molecule has 7 nitrogen and oxygen atoms in total. The van der Waals surface area contributed by atoms with Crippen LogP contribution in [0.3, 0.4) is 0 Å². The molecule has 0 radical (unpaired) electrons. The van der Waals surface area contributed by atoms with Crippen molar-refractivity contribution in [3.8, 4) is 0 Å². The molecule has 0 rings (SSSR count). The van der Waals surface area contributed by atoms with E-state index >= 15 is 0 Å². The van der Waals surface area contributed by atoms with E-state index in [-0.39, 0.29) is 17.9 Å². The van der Waals surface area contributed by atoms with Gasteiger partial charge in [0, 0.05) is 32.7 Å². The van der Waals surface area contributed by atoms with Crippen LogP contribution in [-0.2, 0) is 9.47 Å². The van der Waals surface area contributed by atoms with Gasteiger partial charge in [-0.25, -0.2) is 0 Å². The first-order chi connectivity index (χ1) is 21.8. The van der Waals surface area contributed by atoms with Crippen molar-refractivity contribution in [1.82, 2.24) is 10.2 Å². The van der Waals surface area contributed by atoms with E-state index in [1.54, 1.807) is 0 Å². The summed E-state index contributed by atoms with van der Waals surface area (Å²) in [7, 11) is 0. The number of aliphatic hydroxyl groups excluding tert-OH is 3. The molecule has 272 valence electrons. The van der Waals surface area contributed by atoms with Gasteiger partial charge in [0.2, 0.25) is 0 Å². The maximum absolute atomic E-state index is 11.1. The molecule has 0 heterocycles. The Morgan fingerprint density at radius 1 is 0.556 bits per heavy atom. The summed E-state index contributed by atoms with van der Waals surface area (Å²) in [5.74, 6) is 0.502. The Labute approximate surface area is 280 Å². The highest BCUT2D eigenvalue weighted by molar-refractivity contribution is 4.75. The second-order valence-electron chi connectivity index (χ2n) is 13.9. The standard InChI is InChI=1S/C38H80N2O5/c1-6-9-11-13-15-17-19-21-23-34(4)37(42)32-40(26-28-45-30-29-44-27-25-39-31-36(41)8-3)33-38(43)35(5)24-22-20-18-16-14-12-10-7-2/h34-39,41-43H,6-33H2,1-5H3. The minimum Gasteiger partial charge on any atom is -0.392 e. The molecule has 0 aromatic carbocycles. The molecule has 0 amide bonds. The Bertz CT molecular complexity index is 550. The lowest BCUT2D eigenvalue weighted by Crippen LogP contribution is -2.43. The molecule has 4 N–H and O–H groups in total. The van der Waals surface area contributed by atoms with Crippen LogP contribution in [0.1, 0.15) is 157 Å². The van der Waals surface area contributed by atoms with Crippen molar-refractivity contribution in [3.05, 3.63) is 0 Å². The van der Waals surface area contributed by atoms with Gasteiger partial charge < -0.3 is 30.1 Å². The molecule has 5 atom stereocenters. The number of rotatable bonds is 36. The number of unbranched alkanes of at least 4 members (excludes halogenated alkanes) is 14. The molecule has 0 aliphatic heterocycles. The summed E-state index contributed by atoms with van der Waals surface area (Å²) in [4.78, 5) is 2.22. The van der Waals surface area contributed by atoms with Crippen LogP contribution in [0.4, 0.5) is 0 Å². The molecule has 0 aliphatic carbocycles. The van der Waals surface area contributed by atoms with Crippen molar-refractivity contribution in [2.24, 2.45) is 11.8 Å². The lowest BCUT2D eigenvalue weighted by Gasteiger charge is -2.31. The fourth-order valence-electron chi connectivity index (χ4n) is 5.80. The summed E-state index contributed by atoms with van der Waals surface area (Å²) in [6, 6.07) is 0. The number of nitrogens with one attached hydrogen (secondary N) is 1. The monoisotopic (exact) mass is 645 g/mol. The largest absolute Gasteiger partial charge is 0.392 e. The highest BCUT2D eigenvalue weighted by Gasteiger charge is 2.22. The highest BCUT2D eigenvalue weighted by Crippen LogP contribution is 2.19. The van der Waals surface area contributed by atoms with Crippen LogP contribution in [0.5, 0.6) is 0 Å². The Balaban J connectivity index is 4.50. The maximum atomic E-state index is 11.1. The second-order valence-corrected chi connectivity index (χ2v) is 13.9. The first-order valence-corrected chi connectivity index (χ1v) is 19.5. The van der Waals surface area contributed by atoms with Gasteiger partial charge in [0.05, 0.1) is 44.7 Å². The first kappa shape index (κ1) is 44.7. The predicted molar refractivity (Wildman–Crippen MR) is 192 cm³/mol. The van der Waals surface area contributed by atoms with Crippen molar-refractivity contribution in [3.63, 3.8) is 0 Å². The molecule has 0 aromatic heterocycles. The molecule has 0 saturated carbocycles. The molecule has 0 saturated heterocycles. The smallest absolute Gasteiger partial charge is 0.0701 e. The normalized spacial score (nSPS) is 15.4. The molecular weight excluding hydrogens is 564 g/mol. The van der Waals surface area contributed by atoms with Crippen LogP contribution in [0.15, 0.2) is 0 Å². The summed E-state index contributed by atoms with van der Waals surface area (Å²) in [5.41, 5.74) is 0. The summed E-state index contributed by atoms with van der Waals surface area (Å²) >= 11 is 0. The van der Waals surface area contributed by atoms with E-state index in [0.717, 1.165) is 25.8 Å². The Morgan fingerprint density at radius 2 is 0.978 bits per heavy atom. The van der Waals surface area contributed by atoms with Gasteiger partial charge in [-0.3, -0.25) is 4.90 Å². The van der Waals surface area contributed by atoms with E-state index < -0.39 is 12.2 Å². The van der Waals surface area contributed by atoms with Gasteiger partial charge in [-0.05, 0) is 31.1 Å². The molecule has 0 fully saturated rings. The van der Waals surface area contributed by atoms with E-state index in [1.165, 1.54) is 103 Å². The number of ether oxygens (including phenoxy) is 2. The predicted octanol–water partition coefficient (Wildman–Crippen LogP) is 7.74. The second kappa shape index (κ2) is 33.6. The molecule has 7 heteroatoms. The van der Waals surface area contributed by atoms with E-state index in [4.69, 9.17) is 9.47 Å². The van der Waals surface area contributed by atoms with E-state index in [2.05, 4.69) is 37.9 Å². The minimum absolute atomic E-state index is 0.251. The van der Waals surface area contributed by atoms with Crippen LogP contribution < -0.4 is 5.32 Å². The molecule has 45 heavy (non-hydrogen) atoms. The van der Waals surface area contributed by atoms with Crippen LogP contribution in [0.2, 0.25) is 0 Å². The SMILES string of the molecule is CCCCCCCCCCC(C)C(O)CN(CCOCCOCCNCC(O)CC)CC(O)C(C)CCCCCCCCCC. The molecule has 0 aliphatic rings. The van der Waals surface area contributed by atoms with Gasteiger partial charge in [0.25, 0.3) is 0 Å². The third-order valence-electron chi connectivity index (χ3n) is 9.43. The van der Waals surface area contributed by atoms with E-state index in [0.29, 0.717) is 52.6 Å². The van der Waals surface area contributed by atoms with Crippen molar-refractivity contribution < 1.29 is 24.8 Å². The van der Waals surface area contributed by atoms with Crippen molar-refractivity contribution in [2.75, 3.05) is 59.2 Å². The minimum atomic E-state index is -0.396. The zero-order valence-corrected chi connectivity index (χ0v) is 30.8. The third-order valence-corrected chi connectivity index (χ3v) is 9.43. The molecular formula is C38H80N2O5. The topological polar surface area (TPSA) is 94.4 Å². The Morgan fingerprint density at radius 3 is 1.42 bits per heavy atom. The van der Waals surface area contributed by atoms with Gasteiger partial charge >= 0.3 is 0 Å². The summed E-state index contributed by atoms with van der Waals surface area (Å²) < 4.78 is 11.5. The first-order valence-electron chi connectivity index (χ1n) is 19.5. The van der Waals surface area contributed by atoms with E-state index in [1.807, 2.05) is 6.92 Å². The summed E-state index contributed by atoms with van der Waals surface area (Å²) in [6.45, 7) is 16.2. The van der Waals surface area contributed by atoms with Crippen LogP contribution in [-0.4, -0.2) is 97.7 Å². The van der Waals surface area contributed by atoms with Crippen LogP contribution in [0, 0.1) is 11.8 Å². The summed E-state index contributed by atoms with van der Waals surface area (Å²) in [5, 5.41) is 35.0. The van der Waals surface area contributed by atoms with Gasteiger partial charge in [0.15, 0.2) is 0 Å². The Kier molecular flexibility index (Phi) is 33.4. The Hall–Kier alpha value is -0.280. The van der Waals surface area contributed by atoms with E-state index in [9.17, 15) is 15.3 Å². The van der Waals surface area contributed by atoms with Gasteiger partial charge in [0.1, 0.15) is 0 Å². The third kappa shape index (κ3) is 29.6. The van der Waals surface area contributed by atoms with Crippen molar-refractivity contribution in [1.29, 1.82) is 0 Å². The highest BCUT2D eigenvalue weighted by atomic mass is 16.5. The zero-order valence-electron chi connectivity index (χ0n) is 30.8. The quantitative estimate of drug-likeness (QED) is 0.0519. The van der Waals surface area contributed by atoms with Gasteiger partial charge in [-0.2, -0.15) is 0 Å². The zero-order chi connectivity index (χ0) is 33.4. The number of aliphatic hydroxyl groups is 3. The molecule has 0 aromatic rings. The van der Waals surface area contributed by atoms with Gasteiger partial charge in [-0.1, -0.05) is 137 Å². The fraction of sp³-hybridized carbons (Fsp3) is 1.00. The number of nitrogens with zero attached hydrogens (tertiary/aromatic N) is 1. The number of hydrogen-bond acceptors (Lipinski definition) is 7. The lowest BCUT2D eigenvalue weighted by molar-refractivity contribution is 0.00254. The number of hydrogen-bond donors (Lipinski definition) is 4. The summed E-state index contributed by atoms with van der Waals surface area (Å²) in [6.07, 6.45) is 22.7. The lowest BCUT2D eigenvalue weighted by atomic mass is 9.94. The molecule has 5 unspecified atom stereocenters.